The highest BCUT2D eigenvalue weighted by Crippen LogP contribution is 2.37. The molecule has 1 amide bonds. The van der Waals surface area contributed by atoms with Crippen LogP contribution < -0.4 is 21.6 Å². The minimum Gasteiger partial charge on any atom is -0.383 e. The first kappa shape index (κ1) is 28.2. The Morgan fingerprint density at radius 1 is 1.24 bits per heavy atom. The lowest BCUT2D eigenvalue weighted by molar-refractivity contribution is 0.0829. The van der Waals surface area contributed by atoms with E-state index in [0.717, 1.165) is 12.8 Å². The molecule has 2 aliphatic rings. The Kier molecular flexibility index (Phi) is 7.30. The first-order valence-electron chi connectivity index (χ1n) is 13.6. The molecule has 9 nitrogen and oxygen atoms in total. The lowest BCUT2D eigenvalue weighted by Crippen LogP contribution is -2.45. The fraction of sp³-hybridized carbons (Fsp3) is 0.367. The van der Waals surface area contributed by atoms with Crippen molar-refractivity contribution in [1.29, 1.82) is 5.26 Å². The molecular formula is C30H34BFN8O. The predicted molar refractivity (Wildman–Crippen MR) is 159 cm³/mol. The Morgan fingerprint density at radius 3 is 2.56 bits per heavy atom. The van der Waals surface area contributed by atoms with Crippen molar-refractivity contribution >= 4 is 36.0 Å². The van der Waals surface area contributed by atoms with Crippen LogP contribution in [-0.4, -0.2) is 55.3 Å². The molecule has 0 spiro atoms. The number of nitrogens with zero attached hydrogens (tertiary/aromatic N) is 4. The number of amides is 1. The van der Waals surface area contributed by atoms with Crippen LogP contribution in [-0.2, 0) is 5.44 Å². The average Bonchev–Trinajstić information content (AvgIpc) is 3.65. The molecular weight excluding hydrogens is 518 g/mol. The summed E-state index contributed by atoms with van der Waals surface area (Å²) in [5.74, 6) is -0.627. The molecule has 2 aromatic carbocycles. The van der Waals surface area contributed by atoms with Gasteiger partial charge in [0.25, 0.3) is 5.91 Å². The molecule has 0 saturated heterocycles. The number of hydrogen-bond acceptors (Lipinski definition) is 8. The number of aromatic nitrogens is 1. The zero-order valence-electron chi connectivity index (χ0n) is 24.0. The van der Waals surface area contributed by atoms with E-state index in [1.807, 2.05) is 17.3 Å². The monoisotopic (exact) mass is 552 g/mol. The van der Waals surface area contributed by atoms with E-state index in [-0.39, 0.29) is 17.1 Å². The van der Waals surface area contributed by atoms with Crippen molar-refractivity contribution in [2.24, 2.45) is 5.41 Å². The van der Waals surface area contributed by atoms with E-state index in [1.54, 1.807) is 32.3 Å². The summed E-state index contributed by atoms with van der Waals surface area (Å²) >= 11 is 0. The van der Waals surface area contributed by atoms with Gasteiger partial charge in [-0.05, 0) is 48.1 Å². The Labute approximate surface area is 241 Å². The largest absolute Gasteiger partial charge is 0.383 e. The van der Waals surface area contributed by atoms with Crippen molar-refractivity contribution < 1.29 is 9.18 Å². The topological polar surface area (TPSA) is 108 Å². The number of nitrogens with one attached hydrogen (secondary N) is 4. The molecule has 1 atom stereocenters. The first-order chi connectivity index (χ1) is 19.4. The van der Waals surface area contributed by atoms with Crippen molar-refractivity contribution in [2.75, 3.05) is 31.3 Å². The molecule has 11 heteroatoms. The van der Waals surface area contributed by atoms with Crippen molar-refractivity contribution in [2.45, 2.75) is 45.1 Å². The van der Waals surface area contributed by atoms with Crippen LogP contribution in [0.3, 0.4) is 0 Å². The predicted octanol–water partition coefficient (Wildman–Crippen LogP) is 4.17. The van der Waals surface area contributed by atoms with E-state index >= 15 is 0 Å². The van der Waals surface area contributed by atoms with E-state index in [9.17, 15) is 14.4 Å². The summed E-state index contributed by atoms with van der Waals surface area (Å²) in [6, 6.07) is 12.1. The third kappa shape index (κ3) is 5.79. The van der Waals surface area contributed by atoms with Gasteiger partial charge in [-0.1, -0.05) is 32.9 Å². The standard InChI is InChI=1S/C30H34BFN8O/c1-29(2,3)17-35-26-18(14-33)15-34-27-23(26)12-21(13-24(27)28(41)39(4)5)36-30(31,19-6-8-20(32)9-7-19)25-16-40(38-37-25)22-10-11-22/h6-9,12-13,15-16,22,36-38H,10-11,17H2,1-5H3,(H,34,35). The molecule has 210 valence electrons. The first-order valence-corrected chi connectivity index (χ1v) is 13.6. The maximum atomic E-state index is 13.9. The van der Waals surface area contributed by atoms with Gasteiger partial charge in [0.05, 0.1) is 33.5 Å². The number of hydrazine groups is 2. The molecule has 1 saturated carbocycles. The molecule has 1 aromatic heterocycles. The Hall–Kier alpha value is -4.30. The SMILES string of the molecule is [B]C(Nc1cc(C(=O)N(C)C)c2ncc(C#N)c(NCC(C)(C)C)c2c1)(C1=CN(C2CC2)NN1)c1ccc(F)cc1. The van der Waals surface area contributed by atoms with Crippen LogP contribution in [0.5, 0.6) is 0 Å². The number of fused-ring (bicyclic) bond motifs is 1. The van der Waals surface area contributed by atoms with E-state index in [1.165, 1.54) is 23.2 Å². The van der Waals surface area contributed by atoms with Crippen LogP contribution in [0.1, 0.15) is 55.1 Å². The van der Waals surface area contributed by atoms with Crippen LogP contribution in [0.4, 0.5) is 15.8 Å². The number of anilines is 2. The van der Waals surface area contributed by atoms with E-state index in [2.05, 4.69) is 53.4 Å². The zero-order chi connectivity index (χ0) is 29.5. The number of halogens is 1. The quantitative estimate of drug-likeness (QED) is 0.309. The molecule has 2 radical (unpaired) electrons. The third-order valence-corrected chi connectivity index (χ3v) is 7.12. The highest BCUT2D eigenvalue weighted by Gasteiger charge is 2.38. The van der Waals surface area contributed by atoms with Crippen LogP contribution in [0.2, 0.25) is 0 Å². The maximum absolute atomic E-state index is 13.9. The summed E-state index contributed by atoms with van der Waals surface area (Å²) in [6.07, 6.45) is 5.54. The molecule has 1 aliphatic heterocycles. The van der Waals surface area contributed by atoms with Crippen molar-refractivity contribution in [3.05, 3.63) is 77.0 Å². The van der Waals surface area contributed by atoms with Crippen molar-refractivity contribution in [3.63, 3.8) is 0 Å². The second kappa shape index (κ2) is 10.6. The second-order valence-corrected chi connectivity index (χ2v) is 12.1. The highest BCUT2D eigenvalue weighted by atomic mass is 19.1. The summed E-state index contributed by atoms with van der Waals surface area (Å²) in [6.45, 7) is 6.87. The van der Waals surface area contributed by atoms with Gasteiger partial charge in [-0.15, -0.1) is 5.53 Å². The van der Waals surface area contributed by atoms with Gasteiger partial charge in [0.15, 0.2) is 0 Å². The van der Waals surface area contributed by atoms with Crippen molar-refractivity contribution in [1.82, 2.24) is 25.9 Å². The second-order valence-electron chi connectivity index (χ2n) is 12.1. The number of rotatable bonds is 8. The molecule has 1 aliphatic carbocycles. The zero-order valence-corrected chi connectivity index (χ0v) is 24.0. The van der Waals surface area contributed by atoms with Gasteiger partial charge in [-0.25, -0.2) is 4.39 Å². The van der Waals surface area contributed by atoms with Gasteiger partial charge in [-0.2, -0.15) is 5.26 Å². The molecule has 5 rings (SSSR count). The maximum Gasteiger partial charge on any atom is 0.255 e. The Bertz CT molecular complexity index is 1560. The molecule has 4 N–H and O–H groups in total. The molecule has 0 bridgehead atoms. The van der Waals surface area contributed by atoms with Crippen molar-refractivity contribution in [3.8, 4) is 6.07 Å². The van der Waals surface area contributed by atoms with Gasteiger partial charge in [0, 0.05) is 50.2 Å². The highest BCUT2D eigenvalue weighted by molar-refractivity contribution is 6.20. The lowest BCUT2D eigenvalue weighted by Gasteiger charge is -2.34. The number of nitriles is 1. The minimum absolute atomic E-state index is 0.0729. The Morgan fingerprint density at radius 2 is 1.95 bits per heavy atom. The summed E-state index contributed by atoms with van der Waals surface area (Å²) in [5, 5.41) is 19.3. The smallest absolute Gasteiger partial charge is 0.255 e. The number of hydrogen-bond donors (Lipinski definition) is 4. The van der Waals surface area contributed by atoms with Gasteiger partial charge >= 0.3 is 0 Å². The van der Waals surface area contributed by atoms with Gasteiger partial charge in [-0.3, -0.25) is 14.8 Å². The van der Waals surface area contributed by atoms with E-state index in [4.69, 9.17) is 7.85 Å². The molecule has 1 fully saturated rings. The van der Waals surface area contributed by atoms with Gasteiger partial charge in [0.1, 0.15) is 19.7 Å². The number of carbonyl (C=O) groups is 1. The lowest BCUT2D eigenvalue weighted by atomic mass is 9.69. The van der Waals surface area contributed by atoms with Crippen LogP contribution in [0, 0.1) is 22.6 Å². The number of pyridine rings is 1. The average molecular weight is 552 g/mol. The fourth-order valence-electron chi connectivity index (χ4n) is 4.72. The molecule has 41 heavy (non-hydrogen) atoms. The third-order valence-electron chi connectivity index (χ3n) is 7.12. The Balaban J connectivity index is 1.68. The molecule has 2 heterocycles. The van der Waals surface area contributed by atoms with Crippen LogP contribution >= 0.6 is 0 Å². The fourth-order valence-corrected chi connectivity index (χ4v) is 4.72. The summed E-state index contributed by atoms with van der Waals surface area (Å²) in [5.41, 5.74) is 8.44. The summed E-state index contributed by atoms with van der Waals surface area (Å²) < 4.78 is 13.9. The number of benzene rings is 2. The van der Waals surface area contributed by atoms with E-state index < -0.39 is 5.44 Å². The van der Waals surface area contributed by atoms with Gasteiger partial charge < -0.3 is 21.0 Å². The molecule has 3 aromatic rings. The summed E-state index contributed by atoms with van der Waals surface area (Å²) in [7, 11) is 10.5. The van der Waals surface area contributed by atoms with E-state index in [0.29, 0.717) is 57.3 Å². The minimum atomic E-state index is -1.34. The van der Waals surface area contributed by atoms with Gasteiger partial charge in [0.2, 0.25) is 0 Å². The number of carbonyl (C=O) groups excluding carboxylic acids is 1. The molecule has 1 unspecified atom stereocenters. The van der Waals surface area contributed by atoms with Crippen LogP contribution in [0.15, 0.2) is 54.5 Å². The van der Waals surface area contributed by atoms with Crippen LogP contribution in [0.25, 0.3) is 10.9 Å². The normalized spacial score (nSPS) is 16.4. The summed E-state index contributed by atoms with van der Waals surface area (Å²) in [4.78, 5) is 19.4.